The quantitative estimate of drug-likeness (QED) is 0.388. The van der Waals surface area contributed by atoms with Crippen molar-refractivity contribution in [3.8, 4) is 22.8 Å². The first-order chi connectivity index (χ1) is 15.8. The summed E-state index contributed by atoms with van der Waals surface area (Å²) in [5, 5.41) is 6.86. The fraction of sp³-hybridized carbons (Fsp3) is 0.182. The van der Waals surface area contributed by atoms with Gasteiger partial charge in [0.2, 0.25) is 5.89 Å². The van der Waals surface area contributed by atoms with Crippen molar-refractivity contribution in [2.24, 2.45) is 7.05 Å². The van der Waals surface area contributed by atoms with E-state index in [1.165, 1.54) is 21.4 Å². The predicted molar refractivity (Wildman–Crippen MR) is 111 cm³/mol. The van der Waals surface area contributed by atoms with Gasteiger partial charge in [-0.2, -0.15) is 8.78 Å². The zero-order chi connectivity index (χ0) is 23.3. The molecule has 4 aromatic heterocycles. The molecule has 0 bridgehead atoms. The Morgan fingerprint density at radius 1 is 1.06 bits per heavy atom. The van der Waals surface area contributed by atoms with E-state index in [1.54, 1.807) is 44.3 Å². The number of fused-ring (bicyclic) bond motifs is 1. The van der Waals surface area contributed by atoms with Crippen LogP contribution in [0.1, 0.15) is 23.8 Å². The number of hydrogen-bond donors (Lipinski definition) is 0. The van der Waals surface area contributed by atoms with Gasteiger partial charge >= 0.3 is 12.1 Å². The largest absolute Gasteiger partial charge is 0.461 e. The molecule has 0 N–H and O–H groups in total. The summed E-state index contributed by atoms with van der Waals surface area (Å²) in [5.41, 5.74) is 1.69. The van der Waals surface area contributed by atoms with Crippen LogP contribution >= 0.6 is 0 Å². The molecule has 0 fully saturated rings. The summed E-state index contributed by atoms with van der Waals surface area (Å²) < 4.78 is 53.5. The zero-order valence-corrected chi connectivity index (χ0v) is 17.4. The van der Waals surface area contributed by atoms with Gasteiger partial charge in [0.25, 0.3) is 5.89 Å². The smallest absolute Gasteiger partial charge is 0.329 e. The SMILES string of the molecule is Cc1ccc(-c2cc3c(cc2F)n(Cc2ccc(-c4nnc(C(F)F)o4)cn2)c(=O)n3C)o1. The van der Waals surface area contributed by atoms with Crippen LogP contribution in [0, 0.1) is 12.7 Å². The van der Waals surface area contributed by atoms with Crippen LogP contribution < -0.4 is 5.69 Å². The van der Waals surface area contributed by atoms with Crippen molar-refractivity contribution in [1.82, 2.24) is 24.3 Å². The van der Waals surface area contributed by atoms with Crippen molar-refractivity contribution in [2.75, 3.05) is 0 Å². The lowest BCUT2D eigenvalue weighted by molar-refractivity contribution is 0.116. The van der Waals surface area contributed by atoms with Crippen molar-refractivity contribution >= 4 is 11.0 Å². The van der Waals surface area contributed by atoms with E-state index in [9.17, 15) is 18.0 Å². The molecule has 0 atom stereocenters. The predicted octanol–water partition coefficient (Wildman–Crippen LogP) is 4.48. The lowest BCUT2D eigenvalue weighted by atomic mass is 10.1. The van der Waals surface area contributed by atoms with Crippen LogP contribution in [0.2, 0.25) is 0 Å². The number of nitrogens with zero attached hydrogens (tertiary/aromatic N) is 5. The number of pyridine rings is 1. The molecule has 8 nitrogen and oxygen atoms in total. The lowest BCUT2D eigenvalue weighted by Gasteiger charge is -2.05. The van der Waals surface area contributed by atoms with Gasteiger partial charge in [-0.05, 0) is 37.3 Å². The number of halogens is 3. The molecule has 0 radical (unpaired) electrons. The average molecular weight is 455 g/mol. The highest BCUT2D eigenvalue weighted by atomic mass is 19.3. The van der Waals surface area contributed by atoms with E-state index < -0.39 is 18.1 Å². The van der Waals surface area contributed by atoms with E-state index in [-0.39, 0.29) is 23.7 Å². The van der Waals surface area contributed by atoms with Gasteiger partial charge in [0.15, 0.2) is 0 Å². The maximum atomic E-state index is 14.9. The van der Waals surface area contributed by atoms with Gasteiger partial charge in [-0.1, -0.05) is 0 Å². The summed E-state index contributed by atoms with van der Waals surface area (Å²) in [6, 6.07) is 9.45. The molecule has 168 valence electrons. The van der Waals surface area contributed by atoms with Crippen LogP contribution in [-0.2, 0) is 13.6 Å². The molecule has 0 spiro atoms. The molecule has 0 saturated carbocycles. The normalized spacial score (nSPS) is 11.7. The summed E-state index contributed by atoms with van der Waals surface area (Å²) in [5.74, 6) is -0.362. The van der Waals surface area contributed by atoms with Crippen molar-refractivity contribution < 1.29 is 22.0 Å². The number of furan rings is 1. The maximum Gasteiger partial charge on any atom is 0.329 e. The molecule has 0 aliphatic carbocycles. The Hall–Kier alpha value is -4.15. The molecule has 0 saturated heterocycles. The van der Waals surface area contributed by atoms with Crippen molar-refractivity contribution in [3.63, 3.8) is 0 Å². The minimum absolute atomic E-state index is 0.0707. The van der Waals surface area contributed by atoms with Gasteiger partial charge in [0, 0.05) is 19.3 Å². The molecule has 5 rings (SSSR count). The number of benzene rings is 1. The molecule has 0 amide bonds. The number of aromatic nitrogens is 5. The monoisotopic (exact) mass is 455 g/mol. The third-order valence-electron chi connectivity index (χ3n) is 5.26. The molecule has 11 heteroatoms. The summed E-state index contributed by atoms with van der Waals surface area (Å²) in [6.45, 7) is 1.84. The number of rotatable bonds is 5. The Kier molecular flexibility index (Phi) is 4.88. The van der Waals surface area contributed by atoms with Crippen LogP contribution in [0.3, 0.4) is 0 Å². The van der Waals surface area contributed by atoms with E-state index in [2.05, 4.69) is 15.2 Å². The number of hydrogen-bond acceptors (Lipinski definition) is 6. The number of aryl methyl sites for hydroxylation is 2. The molecule has 33 heavy (non-hydrogen) atoms. The Balaban J connectivity index is 1.49. The first-order valence-corrected chi connectivity index (χ1v) is 9.84. The van der Waals surface area contributed by atoms with Crippen LogP contribution in [-0.4, -0.2) is 24.3 Å². The van der Waals surface area contributed by atoms with Gasteiger partial charge in [-0.15, -0.1) is 10.2 Å². The van der Waals surface area contributed by atoms with Crippen molar-refractivity contribution in [3.05, 3.63) is 76.2 Å². The fourth-order valence-corrected chi connectivity index (χ4v) is 3.59. The highest BCUT2D eigenvalue weighted by Crippen LogP contribution is 2.29. The van der Waals surface area contributed by atoms with E-state index in [0.717, 1.165) is 0 Å². The van der Waals surface area contributed by atoms with Crippen LogP contribution in [0.5, 0.6) is 0 Å². The second-order valence-corrected chi connectivity index (χ2v) is 7.44. The molecule has 0 unspecified atom stereocenters. The summed E-state index contributed by atoms with van der Waals surface area (Å²) in [4.78, 5) is 17.1. The van der Waals surface area contributed by atoms with Gasteiger partial charge in [-0.25, -0.2) is 9.18 Å². The second kappa shape index (κ2) is 7.76. The highest BCUT2D eigenvalue weighted by Gasteiger charge is 2.19. The van der Waals surface area contributed by atoms with Gasteiger partial charge in [0.05, 0.1) is 34.4 Å². The third kappa shape index (κ3) is 3.60. The lowest BCUT2D eigenvalue weighted by Crippen LogP contribution is -2.23. The van der Waals surface area contributed by atoms with E-state index in [4.69, 9.17) is 8.83 Å². The molecular formula is C22H16F3N5O3. The fourth-order valence-electron chi connectivity index (χ4n) is 3.59. The average Bonchev–Trinajstić information content (AvgIpc) is 3.50. The van der Waals surface area contributed by atoms with E-state index in [0.29, 0.717) is 33.8 Å². The summed E-state index contributed by atoms with van der Waals surface area (Å²) in [6.07, 6.45) is -1.49. The Labute approximate surface area is 183 Å². The topological polar surface area (TPSA) is 91.9 Å². The molecule has 1 aromatic carbocycles. The standard InChI is InChI=1S/C22H16F3N5O3/c1-11-3-6-18(32-11)14-7-16-17(8-15(14)23)30(22(31)29(16)2)10-13-5-4-12(9-26-13)20-27-28-21(33-20)19(24)25/h3-9,19H,10H2,1-2H3. The molecule has 0 aliphatic heterocycles. The van der Waals surface area contributed by atoms with Crippen LogP contribution in [0.25, 0.3) is 33.8 Å². The van der Waals surface area contributed by atoms with Gasteiger partial charge < -0.3 is 8.83 Å². The Morgan fingerprint density at radius 3 is 2.52 bits per heavy atom. The summed E-state index contributed by atoms with van der Waals surface area (Å²) in [7, 11) is 1.60. The summed E-state index contributed by atoms with van der Waals surface area (Å²) >= 11 is 0. The highest BCUT2D eigenvalue weighted by molar-refractivity contribution is 5.82. The molecule has 0 aliphatic rings. The first kappa shape index (κ1) is 20.7. The van der Waals surface area contributed by atoms with Crippen LogP contribution in [0.15, 0.2) is 56.2 Å². The Morgan fingerprint density at radius 2 is 1.88 bits per heavy atom. The van der Waals surface area contributed by atoms with Crippen LogP contribution in [0.4, 0.5) is 13.2 Å². The minimum atomic E-state index is -2.87. The van der Waals surface area contributed by atoms with E-state index >= 15 is 0 Å². The molecular weight excluding hydrogens is 439 g/mol. The minimum Gasteiger partial charge on any atom is -0.461 e. The molecule has 5 aromatic rings. The third-order valence-corrected chi connectivity index (χ3v) is 5.26. The maximum absolute atomic E-state index is 14.9. The van der Waals surface area contributed by atoms with Gasteiger partial charge in [0.1, 0.15) is 17.3 Å². The second-order valence-electron chi connectivity index (χ2n) is 7.44. The van der Waals surface area contributed by atoms with E-state index in [1.807, 2.05) is 0 Å². The Bertz CT molecular complexity index is 1530. The van der Waals surface area contributed by atoms with Crippen molar-refractivity contribution in [1.29, 1.82) is 0 Å². The number of alkyl halides is 2. The zero-order valence-electron chi connectivity index (χ0n) is 17.4. The molecule has 4 heterocycles. The van der Waals surface area contributed by atoms with Crippen molar-refractivity contribution in [2.45, 2.75) is 19.9 Å². The van der Waals surface area contributed by atoms with Gasteiger partial charge in [-0.3, -0.25) is 14.1 Å². The number of imidazole rings is 1. The first-order valence-electron chi connectivity index (χ1n) is 9.84.